The van der Waals surface area contributed by atoms with Crippen LogP contribution in [-0.4, -0.2) is 18.3 Å². The maximum absolute atomic E-state index is 13.2. The summed E-state index contributed by atoms with van der Waals surface area (Å²) in [5.41, 5.74) is 1.77. The molecule has 1 atom stereocenters. The molecule has 1 aliphatic heterocycles. The van der Waals surface area contributed by atoms with Gasteiger partial charge < -0.3 is 9.94 Å². The van der Waals surface area contributed by atoms with E-state index in [1.807, 2.05) is 54.6 Å². The molecule has 1 aliphatic rings. The first-order chi connectivity index (χ1) is 13.2. The molecule has 136 valence electrons. The predicted molar refractivity (Wildman–Crippen MR) is 105 cm³/mol. The van der Waals surface area contributed by atoms with Crippen LogP contribution in [0, 0.1) is 5.21 Å². The zero-order chi connectivity index (χ0) is 18.6. The first kappa shape index (κ1) is 17.4. The summed E-state index contributed by atoms with van der Waals surface area (Å²) in [5.74, 6) is 0.805. The summed E-state index contributed by atoms with van der Waals surface area (Å²) in [7, 11) is 0. The molecule has 4 rings (SSSR count). The molecule has 0 bridgehead atoms. The van der Waals surface area contributed by atoms with E-state index in [-0.39, 0.29) is 17.7 Å². The van der Waals surface area contributed by atoms with Crippen LogP contribution in [-0.2, 0) is 4.79 Å². The molecule has 0 saturated heterocycles. The van der Waals surface area contributed by atoms with E-state index in [1.54, 1.807) is 23.1 Å². The summed E-state index contributed by atoms with van der Waals surface area (Å²) in [4.78, 5) is 15.0. The van der Waals surface area contributed by atoms with Crippen LogP contribution >= 0.6 is 11.8 Å². The van der Waals surface area contributed by atoms with Crippen molar-refractivity contribution >= 4 is 23.4 Å². The van der Waals surface area contributed by atoms with E-state index in [9.17, 15) is 10.0 Å². The molecule has 2 aromatic carbocycles. The number of para-hydroxylation sites is 2. The largest absolute Gasteiger partial charge is 0.618 e. The van der Waals surface area contributed by atoms with Crippen LogP contribution in [0.15, 0.2) is 84.0 Å². The number of amides is 1. The van der Waals surface area contributed by atoms with Gasteiger partial charge in [-0.1, -0.05) is 42.5 Å². The lowest BCUT2D eigenvalue weighted by atomic mass is 10.0. The fraction of sp³-hybridized carbons (Fsp3) is 0.143. The third kappa shape index (κ3) is 3.61. The number of anilines is 1. The monoisotopic (exact) mass is 378 g/mol. The number of fused-ring (bicyclic) bond motifs is 1. The van der Waals surface area contributed by atoms with E-state index in [0.717, 1.165) is 16.0 Å². The van der Waals surface area contributed by atoms with E-state index in [2.05, 4.69) is 0 Å². The summed E-state index contributed by atoms with van der Waals surface area (Å²) in [6.45, 7) is 0.393. The average Bonchev–Trinajstić information content (AvgIpc) is 2.72. The van der Waals surface area contributed by atoms with Crippen LogP contribution in [0.1, 0.15) is 11.6 Å². The highest BCUT2D eigenvalue weighted by atomic mass is 32.2. The van der Waals surface area contributed by atoms with Gasteiger partial charge in [-0.15, -0.1) is 0 Å². The molecule has 0 unspecified atom stereocenters. The maximum Gasteiger partial charge on any atom is 0.251 e. The number of pyridine rings is 1. The molecule has 0 fully saturated rings. The molecule has 0 N–H and O–H groups in total. The van der Waals surface area contributed by atoms with Crippen LogP contribution in [0.5, 0.6) is 5.75 Å². The number of carbonyl (C=O) groups is 1. The summed E-state index contributed by atoms with van der Waals surface area (Å²) >= 11 is 1.24. The summed E-state index contributed by atoms with van der Waals surface area (Å²) in [6, 6.07) is 22.4. The van der Waals surface area contributed by atoms with Crippen molar-refractivity contribution in [1.82, 2.24) is 0 Å². The second-order valence-corrected chi connectivity index (χ2v) is 7.12. The zero-order valence-electron chi connectivity index (χ0n) is 14.5. The van der Waals surface area contributed by atoms with Crippen LogP contribution < -0.4 is 14.4 Å². The van der Waals surface area contributed by atoms with Crippen LogP contribution in [0.25, 0.3) is 0 Å². The van der Waals surface area contributed by atoms with E-state index in [4.69, 9.17) is 4.74 Å². The van der Waals surface area contributed by atoms with Crippen LogP contribution in [0.2, 0.25) is 0 Å². The molecule has 0 radical (unpaired) electrons. The van der Waals surface area contributed by atoms with Crippen molar-refractivity contribution in [3.8, 4) is 5.75 Å². The highest BCUT2D eigenvalue weighted by Crippen LogP contribution is 2.39. The van der Waals surface area contributed by atoms with E-state index in [1.165, 1.54) is 18.0 Å². The van der Waals surface area contributed by atoms with Gasteiger partial charge in [0.15, 0.2) is 6.20 Å². The second-order valence-electron chi connectivity index (χ2n) is 6.12. The topological polar surface area (TPSA) is 56.5 Å². The van der Waals surface area contributed by atoms with Crippen molar-refractivity contribution in [2.75, 3.05) is 17.3 Å². The highest BCUT2D eigenvalue weighted by Gasteiger charge is 2.33. The summed E-state index contributed by atoms with van der Waals surface area (Å²) in [5, 5.41) is 12.3. The van der Waals surface area contributed by atoms with Crippen molar-refractivity contribution in [3.05, 3.63) is 89.8 Å². The van der Waals surface area contributed by atoms with Crippen molar-refractivity contribution in [3.63, 3.8) is 0 Å². The van der Waals surface area contributed by atoms with Gasteiger partial charge in [-0.25, -0.2) is 0 Å². The lowest BCUT2D eigenvalue weighted by Gasteiger charge is -2.37. The minimum absolute atomic E-state index is 0.0616. The molecule has 5 nitrogen and oxygen atoms in total. The highest BCUT2D eigenvalue weighted by molar-refractivity contribution is 7.99. The SMILES string of the molecule is O=C(CSc1cccc[n+]1[O-])N1c2ccccc2OC[C@H]1c1ccccc1. The molecule has 0 aliphatic carbocycles. The van der Waals surface area contributed by atoms with Gasteiger partial charge in [0.1, 0.15) is 12.4 Å². The van der Waals surface area contributed by atoms with Gasteiger partial charge in [0.25, 0.3) is 5.03 Å². The van der Waals surface area contributed by atoms with Crippen molar-refractivity contribution in [2.45, 2.75) is 11.1 Å². The standard InChI is InChI=1S/C21H18N2O3S/c24-20(15-27-21-12-6-7-13-22(21)25)23-17-10-4-5-11-19(17)26-14-18(23)16-8-2-1-3-9-16/h1-13,18H,14-15H2/t18-/m0/s1. The van der Waals surface area contributed by atoms with Gasteiger partial charge in [-0.2, -0.15) is 4.73 Å². The first-order valence-corrected chi connectivity index (χ1v) is 9.62. The van der Waals surface area contributed by atoms with Crippen molar-refractivity contribution in [1.29, 1.82) is 0 Å². The number of hydrogen-bond donors (Lipinski definition) is 0. The molecule has 2 heterocycles. The van der Waals surface area contributed by atoms with Gasteiger partial charge in [0, 0.05) is 12.1 Å². The van der Waals surface area contributed by atoms with Gasteiger partial charge in [-0.3, -0.25) is 9.69 Å². The predicted octanol–water partition coefficient (Wildman–Crippen LogP) is 3.58. The fourth-order valence-electron chi connectivity index (χ4n) is 3.15. The number of benzene rings is 2. The zero-order valence-corrected chi connectivity index (χ0v) is 15.3. The number of carbonyl (C=O) groups excluding carboxylic acids is 1. The molecule has 0 saturated carbocycles. The number of nitrogens with zero attached hydrogens (tertiary/aromatic N) is 2. The number of hydrogen-bond acceptors (Lipinski definition) is 4. The van der Waals surface area contributed by atoms with Gasteiger partial charge in [-0.05, 0) is 35.5 Å². The molecule has 1 amide bonds. The van der Waals surface area contributed by atoms with E-state index < -0.39 is 0 Å². The number of thioether (sulfide) groups is 1. The number of aromatic nitrogens is 1. The Labute approximate surface area is 161 Å². The van der Waals surface area contributed by atoms with Crippen LogP contribution in [0.4, 0.5) is 5.69 Å². The Kier molecular flexibility index (Phi) is 4.98. The van der Waals surface area contributed by atoms with Gasteiger partial charge >= 0.3 is 0 Å². The normalized spacial score (nSPS) is 15.7. The molecule has 6 heteroatoms. The Bertz CT molecular complexity index is 949. The van der Waals surface area contributed by atoms with Crippen LogP contribution in [0.3, 0.4) is 0 Å². The number of rotatable bonds is 4. The third-order valence-corrected chi connectivity index (χ3v) is 5.42. The smallest absolute Gasteiger partial charge is 0.251 e. The lowest BCUT2D eigenvalue weighted by Crippen LogP contribution is -2.42. The number of ether oxygens (including phenoxy) is 1. The molecule has 0 spiro atoms. The Hall–Kier alpha value is -2.99. The maximum atomic E-state index is 13.2. The summed E-state index contributed by atoms with van der Waals surface area (Å²) < 4.78 is 6.68. The molecule has 27 heavy (non-hydrogen) atoms. The first-order valence-electron chi connectivity index (χ1n) is 8.64. The molecular weight excluding hydrogens is 360 g/mol. The van der Waals surface area contributed by atoms with Gasteiger partial charge in [0.05, 0.1) is 17.5 Å². The molecular formula is C21H18N2O3S. The van der Waals surface area contributed by atoms with Crippen molar-refractivity contribution < 1.29 is 14.3 Å². The second kappa shape index (κ2) is 7.72. The van der Waals surface area contributed by atoms with E-state index >= 15 is 0 Å². The van der Waals surface area contributed by atoms with Crippen molar-refractivity contribution in [2.24, 2.45) is 0 Å². The fourth-order valence-corrected chi connectivity index (χ4v) is 3.92. The average molecular weight is 378 g/mol. The van der Waals surface area contributed by atoms with E-state index in [0.29, 0.717) is 17.4 Å². The molecule has 3 aromatic rings. The minimum Gasteiger partial charge on any atom is -0.618 e. The summed E-state index contributed by atoms with van der Waals surface area (Å²) in [6.07, 6.45) is 1.43. The Morgan fingerprint density at radius 2 is 1.81 bits per heavy atom. The Morgan fingerprint density at radius 1 is 1.07 bits per heavy atom. The molecule has 1 aromatic heterocycles. The quantitative estimate of drug-likeness (QED) is 0.396. The third-order valence-electron chi connectivity index (χ3n) is 4.42. The van der Waals surface area contributed by atoms with Gasteiger partial charge in [0.2, 0.25) is 5.91 Å². The Balaban J connectivity index is 1.63. The Morgan fingerprint density at radius 3 is 2.63 bits per heavy atom. The minimum atomic E-state index is -0.204. The lowest BCUT2D eigenvalue weighted by molar-refractivity contribution is -0.645.